The number of carbonyl (C=O) groups is 1. The van der Waals surface area contributed by atoms with E-state index in [1.165, 1.54) is 0 Å². The topological polar surface area (TPSA) is 71.5 Å². The molecular formula is C20H14N4O. The minimum atomic E-state index is -0.115. The van der Waals surface area contributed by atoms with E-state index in [0.717, 1.165) is 0 Å². The summed E-state index contributed by atoms with van der Waals surface area (Å²) < 4.78 is 0. The van der Waals surface area contributed by atoms with Crippen LogP contribution in [0.2, 0.25) is 0 Å². The Hall–Kier alpha value is -3.60. The monoisotopic (exact) mass is 326 g/mol. The summed E-state index contributed by atoms with van der Waals surface area (Å²) in [6.45, 7) is 0. The molecule has 0 aliphatic rings. The maximum atomic E-state index is 13.2. The summed E-state index contributed by atoms with van der Waals surface area (Å²) in [5, 5.41) is 7.33. The SMILES string of the molecule is O=C(c1ccccc1)c1c(-c2ccccn2)n[nH]c1-c1ccccn1. The molecule has 3 heterocycles. The summed E-state index contributed by atoms with van der Waals surface area (Å²) >= 11 is 0. The third-order valence-corrected chi connectivity index (χ3v) is 3.86. The highest BCUT2D eigenvalue weighted by Crippen LogP contribution is 2.30. The Morgan fingerprint density at radius 2 is 1.40 bits per heavy atom. The van der Waals surface area contributed by atoms with E-state index in [0.29, 0.717) is 33.9 Å². The highest BCUT2D eigenvalue weighted by molar-refractivity contribution is 6.15. The lowest BCUT2D eigenvalue weighted by Gasteiger charge is -2.05. The van der Waals surface area contributed by atoms with E-state index >= 15 is 0 Å². The van der Waals surface area contributed by atoms with E-state index in [1.807, 2.05) is 54.6 Å². The lowest BCUT2D eigenvalue weighted by atomic mass is 9.98. The number of hydrogen-bond acceptors (Lipinski definition) is 4. The first kappa shape index (κ1) is 15.0. The number of aromatic nitrogens is 4. The minimum Gasteiger partial charge on any atom is -0.288 e. The van der Waals surface area contributed by atoms with Crippen molar-refractivity contribution in [1.29, 1.82) is 0 Å². The van der Waals surface area contributed by atoms with Crippen LogP contribution in [0.5, 0.6) is 0 Å². The second kappa shape index (κ2) is 6.49. The standard InChI is InChI=1S/C20H14N4O/c25-20(14-8-2-1-3-9-14)17-18(15-10-4-6-12-21-15)23-24-19(17)16-11-5-7-13-22-16/h1-13H,(H,23,24). The first-order valence-corrected chi connectivity index (χ1v) is 7.85. The van der Waals surface area contributed by atoms with E-state index in [2.05, 4.69) is 20.2 Å². The Kier molecular flexibility index (Phi) is 3.88. The molecule has 1 aromatic carbocycles. The largest absolute Gasteiger partial charge is 0.288 e. The number of ketones is 1. The molecule has 5 heteroatoms. The lowest BCUT2D eigenvalue weighted by Crippen LogP contribution is -2.04. The molecule has 0 radical (unpaired) electrons. The van der Waals surface area contributed by atoms with Crippen LogP contribution in [0.4, 0.5) is 0 Å². The molecule has 0 saturated carbocycles. The zero-order valence-corrected chi connectivity index (χ0v) is 13.3. The number of nitrogens with one attached hydrogen (secondary N) is 1. The van der Waals surface area contributed by atoms with Crippen LogP contribution >= 0.6 is 0 Å². The first-order chi connectivity index (χ1) is 12.3. The molecule has 5 nitrogen and oxygen atoms in total. The van der Waals surface area contributed by atoms with Gasteiger partial charge in [0.25, 0.3) is 0 Å². The number of rotatable bonds is 4. The Morgan fingerprint density at radius 1 is 0.760 bits per heavy atom. The Balaban J connectivity index is 1.93. The molecule has 0 spiro atoms. The highest BCUT2D eigenvalue weighted by Gasteiger charge is 2.24. The molecule has 0 aliphatic carbocycles. The summed E-state index contributed by atoms with van der Waals surface area (Å²) in [6.07, 6.45) is 3.37. The molecule has 0 amide bonds. The van der Waals surface area contributed by atoms with Crippen LogP contribution in [0.3, 0.4) is 0 Å². The van der Waals surface area contributed by atoms with E-state index in [1.54, 1.807) is 24.5 Å². The second-order valence-corrected chi connectivity index (χ2v) is 5.45. The van der Waals surface area contributed by atoms with Crippen LogP contribution in [0, 0.1) is 0 Å². The number of hydrogen-bond donors (Lipinski definition) is 1. The number of pyridine rings is 2. The summed E-state index contributed by atoms with van der Waals surface area (Å²) in [6, 6.07) is 20.2. The van der Waals surface area contributed by atoms with E-state index in [-0.39, 0.29) is 5.78 Å². The summed E-state index contributed by atoms with van der Waals surface area (Å²) in [4.78, 5) is 21.9. The van der Waals surface area contributed by atoms with E-state index in [4.69, 9.17) is 0 Å². The van der Waals surface area contributed by atoms with Crippen molar-refractivity contribution in [1.82, 2.24) is 20.2 Å². The van der Waals surface area contributed by atoms with Gasteiger partial charge < -0.3 is 0 Å². The van der Waals surface area contributed by atoms with Gasteiger partial charge in [-0.2, -0.15) is 5.10 Å². The zero-order chi connectivity index (χ0) is 17.1. The highest BCUT2D eigenvalue weighted by atomic mass is 16.1. The molecule has 0 aliphatic heterocycles. The fourth-order valence-corrected chi connectivity index (χ4v) is 2.68. The molecule has 4 rings (SSSR count). The molecular weight excluding hydrogens is 312 g/mol. The van der Waals surface area contributed by atoms with Gasteiger partial charge in [-0.3, -0.25) is 19.9 Å². The van der Waals surface area contributed by atoms with Gasteiger partial charge in [-0.1, -0.05) is 42.5 Å². The molecule has 120 valence electrons. The van der Waals surface area contributed by atoms with Gasteiger partial charge in [0.1, 0.15) is 5.69 Å². The molecule has 0 unspecified atom stereocenters. The fraction of sp³-hybridized carbons (Fsp3) is 0. The molecule has 25 heavy (non-hydrogen) atoms. The predicted octanol–water partition coefficient (Wildman–Crippen LogP) is 3.76. The van der Waals surface area contributed by atoms with Crippen LogP contribution in [-0.2, 0) is 0 Å². The summed E-state index contributed by atoms with van der Waals surface area (Å²) in [5.41, 5.74) is 3.49. The predicted molar refractivity (Wildman–Crippen MR) is 94.9 cm³/mol. The summed E-state index contributed by atoms with van der Waals surface area (Å²) in [7, 11) is 0. The molecule has 0 atom stereocenters. The van der Waals surface area contributed by atoms with Crippen molar-refractivity contribution in [3.8, 4) is 22.8 Å². The van der Waals surface area contributed by atoms with Gasteiger partial charge in [0.15, 0.2) is 5.78 Å². The Labute approximate surface area is 144 Å². The van der Waals surface area contributed by atoms with Gasteiger partial charge in [0.05, 0.1) is 22.6 Å². The van der Waals surface area contributed by atoms with Crippen LogP contribution in [-0.4, -0.2) is 25.9 Å². The quantitative estimate of drug-likeness (QED) is 0.580. The average molecular weight is 326 g/mol. The van der Waals surface area contributed by atoms with Crippen molar-refractivity contribution in [3.05, 3.63) is 90.3 Å². The number of H-pyrrole nitrogens is 1. The van der Waals surface area contributed by atoms with Crippen LogP contribution in [0.15, 0.2) is 79.1 Å². The smallest absolute Gasteiger partial charge is 0.197 e. The van der Waals surface area contributed by atoms with Crippen molar-refractivity contribution in [2.45, 2.75) is 0 Å². The third-order valence-electron chi connectivity index (χ3n) is 3.86. The minimum absolute atomic E-state index is 0.115. The van der Waals surface area contributed by atoms with Gasteiger partial charge in [-0.15, -0.1) is 0 Å². The molecule has 4 aromatic rings. The first-order valence-electron chi connectivity index (χ1n) is 7.85. The Bertz CT molecular complexity index is 939. The van der Waals surface area contributed by atoms with Gasteiger partial charge in [0, 0.05) is 18.0 Å². The number of nitrogens with zero attached hydrogens (tertiary/aromatic N) is 3. The molecule has 0 saturated heterocycles. The van der Waals surface area contributed by atoms with Crippen molar-refractivity contribution in [2.24, 2.45) is 0 Å². The van der Waals surface area contributed by atoms with Crippen molar-refractivity contribution in [3.63, 3.8) is 0 Å². The number of aromatic amines is 1. The maximum Gasteiger partial charge on any atom is 0.197 e. The van der Waals surface area contributed by atoms with E-state index < -0.39 is 0 Å². The van der Waals surface area contributed by atoms with Gasteiger partial charge in [-0.25, -0.2) is 0 Å². The van der Waals surface area contributed by atoms with Gasteiger partial charge in [-0.05, 0) is 24.3 Å². The van der Waals surface area contributed by atoms with Crippen molar-refractivity contribution < 1.29 is 4.79 Å². The maximum absolute atomic E-state index is 13.2. The third kappa shape index (κ3) is 2.83. The normalized spacial score (nSPS) is 10.6. The number of benzene rings is 1. The fourth-order valence-electron chi connectivity index (χ4n) is 2.68. The molecule has 0 fully saturated rings. The van der Waals surface area contributed by atoms with Crippen molar-refractivity contribution >= 4 is 5.78 Å². The summed E-state index contributed by atoms with van der Waals surface area (Å²) in [5.74, 6) is -0.115. The zero-order valence-electron chi connectivity index (χ0n) is 13.3. The number of carbonyl (C=O) groups excluding carboxylic acids is 1. The van der Waals surface area contributed by atoms with Gasteiger partial charge in [0.2, 0.25) is 0 Å². The molecule has 3 aromatic heterocycles. The second-order valence-electron chi connectivity index (χ2n) is 5.45. The molecule has 1 N–H and O–H groups in total. The molecule has 0 bridgehead atoms. The van der Waals surface area contributed by atoms with Crippen LogP contribution < -0.4 is 0 Å². The van der Waals surface area contributed by atoms with Crippen molar-refractivity contribution in [2.75, 3.05) is 0 Å². The van der Waals surface area contributed by atoms with Gasteiger partial charge >= 0.3 is 0 Å². The van der Waals surface area contributed by atoms with E-state index in [9.17, 15) is 4.79 Å². The lowest BCUT2D eigenvalue weighted by molar-refractivity contribution is 0.104. The Morgan fingerprint density at radius 3 is 2.04 bits per heavy atom. The average Bonchev–Trinajstić information content (AvgIpc) is 3.14. The van der Waals surface area contributed by atoms with Crippen LogP contribution in [0.25, 0.3) is 22.8 Å². The van der Waals surface area contributed by atoms with Crippen LogP contribution in [0.1, 0.15) is 15.9 Å².